The predicted molar refractivity (Wildman–Crippen MR) is 68.8 cm³/mol. The summed E-state index contributed by atoms with van der Waals surface area (Å²) in [6, 6.07) is 5.16. The molecule has 0 saturated heterocycles. The van der Waals surface area contributed by atoms with Crippen LogP contribution in [0.2, 0.25) is 5.02 Å². The van der Waals surface area contributed by atoms with E-state index >= 15 is 0 Å². The van der Waals surface area contributed by atoms with Crippen molar-refractivity contribution in [2.75, 3.05) is 11.1 Å². The van der Waals surface area contributed by atoms with Crippen LogP contribution in [0.25, 0.3) is 0 Å². The van der Waals surface area contributed by atoms with Crippen LogP contribution in [0.15, 0.2) is 18.2 Å². The van der Waals surface area contributed by atoms with E-state index in [0.717, 1.165) is 0 Å². The third-order valence-corrected chi connectivity index (χ3v) is 4.27. The number of fused-ring (bicyclic) bond motifs is 1. The van der Waals surface area contributed by atoms with Crippen LogP contribution in [0.1, 0.15) is 19.3 Å². The van der Waals surface area contributed by atoms with Crippen molar-refractivity contribution in [3.63, 3.8) is 0 Å². The minimum absolute atomic E-state index is 0.117. The first kappa shape index (κ1) is 10.9. The zero-order valence-corrected chi connectivity index (χ0v) is 10.2. The first-order valence-corrected chi connectivity index (χ1v) is 6.40. The Labute approximate surface area is 105 Å². The molecule has 90 valence electrons. The van der Waals surface area contributed by atoms with Crippen LogP contribution in [-0.4, -0.2) is 5.91 Å². The summed E-state index contributed by atoms with van der Waals surface area (Å²) in [6.07, 6.45) is 3.69. The molecule has 0 bridgehead atoms. The zero-order chi connectivity index (χ0) is 12.0. The van der Waals surface area contributed by atoms with E-state index in [1.54, 1.807) is 18.2 Å². The number of amides is 1. The van der Waals surface area contributed by atoms with Gasteiger partial charge in [-0.05, 0) is 42.9 Å². The van der Waals surface area contributed by atoms with Gasteiger partial charge < -0.3 is 11.1 Å². The molecule has 3 rings (SSSR count). The second-order valence-corrected chi connectivity index (χ2v) is 5.42. The lowest BCUT2D eigenvalue weighted by atomic mass is 10.1. The lowest BCUT2D eigenvalue weighted by molar-refractivity contribution is -0.118. The normalized spacial score (nSPS) is 29.8. The fourth-order valence-corrected chi connectivity index (χ4v) is 3.30. The van der Waals surface area contributed by atoms with Crippen molar-refractivity contribution in [3.8, 4) is 0 Å². The topological polar surface area (TPSA) is 55.1 Å². The van der Waals surface area contributed by atoms with Crippen LogP contribution in [0.5, 0.6) is 0 Å². The van der Waals surface area contributed by atoms with Gasteiger partial charge in [0, 0.05) is 11.6 Å². The smallest absolute Gasteiger partial charge is 0.228 e. The van der Waals surface area contributed by atoms with Gasteiger partial charge >= 0.3 is 0 Å². The largest absolute Gasteiger partial charge is 0.399 e. The summed E-state index contributed by atoms with van der Waals surface area (Å²) in [5.74, 6) is 1.59. The molecule has 2 fully saturated rings. The van der Waals surface area contributed by atoms with Gasteiger partial charge in [0.1, 0.15) is 0 Å². The monoisotopic (exact) mass is 250 g/mol. The van der Waals surface area contributed by atoms with Crippen molar-refractivity contribution < 1.29 is 4.79 Å². The summed E-state index contributed by atoms with van der Waals surface area (Å²) < 4.78 is 0. The van der Waals surface area contributed by atoms with Crippen molar-refractivity contribution in [2.45, 2.75) is 19.3 Å². The van der Waals surface area contributed by atoms with E-state index in [1.165, 1.54) is 19.3 Å². The van der Waals surface area contributed by atoms with Crippen LogP contribution >= 0.6 is 11.6 Å². The fourth-order valence-electron chi connectivity index (χ4n) is 3.06. The summed E-state index contributed by atoms with van der Waals surface area (Å²) >= 11 is 6.02. The predicted octanol–water partition coefficient (Wildman–Crippen LogP) is 2.91. The standard InChI is InChI=1S/C13H15ClN2O/c14-10-6-7(15)4-5-11(10)16-13(17)12-8-2-1-3-9(8)12/h4-6,8-9,12H,1-3,15H2,(H,16,17). The number of carbonyl (C=O) groups is 1. The minimum Gasteiger partial charge on any atom is -0.399 e. The van der Waals surface area contributed by atoms with Gasteiger partial charge in [-0.3, -0.25) is 4.79 Å². The van der Waals surface area contributed by atoms with Gasteiger partial charge in [0.2, 0.25) is 5.91 Å². The maximum atomic E-state index is 12.0. The SMILES string of the molecule is Nc1ccc(NC(=O)C2C3CCCC32)c(Cl)c1. The molecule has 4 heteroatoms. The lowest BCUT2D eigenvalue weighted by Gasteiger charge is -2.08. The number of benzene rings is 1. The van der Waals surface area contributed by atoms with E-state index < -0.39 is 0 Å². The molecule has 2 aliphatic rings. The first-order chi connectivity index (χ1) is 8.16. The van der Waals surface area contributed by atoms with Gasteiger partial charge in [-0.15, -0.1) is 0 Å². The molecule has 2 saturated carbocycles. The average molecular weight is 251 g/mol. The fraction of sp³-hybridized carbons (Fsp3) is 0.462. The van der Waals surface area contributed by atoms with E-state index in [1.807, 2.05) is 0 Å². The molecule has 3 nitrogen and oxygen atoms in total. The van der Waals surface area contributed by atoms with Crippen molar-refractivity contribution in [2.24, 2.45) is 17.8 Å². The molecule has 3 N–H and O–H groups in total. The van der Waals surface area contributed by atoms with Gasteiger partial charge in [-0.1, -0.05) is 18.0 Å². The maximum Gasteiger partial charge on any atom is 0.228 e. The lowest BCUT2D eigenvalue weighted by Crippen LogP contribution is -2.16. The van der Waals surface area contributed by atoms with Crippen LogP contribution in [0, 0.1) is 17.8 Å². The quantitative estimate of drug-likeness (QED) is 0.793. The van der Waals surface area contributed by atoms with Gasteiger partial charge in [0.15, 0.2) is 0 Å². The number of rotatable bonds is 2. The van der Waals surface area contributed by atoms with Crippen molar-refractivity contribution in [1.29, 1.82) is 0 Å². The first-order valence-electron chi connectivity index (χ1n) is 6.02. The van der Waals surface area contributed by atoms with Crippen LogP contribution in [-0.2, 0) is 4.79 Å². The number of halogens is 1. The molecule has 2 atom stereocenters. The van der Waals surface area contributed by atoms with Gasteiger partial charge in [-0.25, -0.2) is 0 Å². The van der Waals surface area contributed by atoms with Crippen LogP contribution in [0.4, 0.5) is 11.4 Å². The summed E-state index contributed by atoms with van der Waals surface area (Å²) in [6.45, 7) is 0. The summed E-state index contributed by atoms with van der Waals surface area (Å²) in [7, 11) is 0. The van der Waals surface area contributed by atoms with E-state index in [2.05, 4.69) is 5.32 Å². The molecular formula is C13H15ClN2O. The van der Waals surface area contributed by atoms with Crippen molar-refractivity contribution >= 4 is 28.9 Å². The molecule has 17 heavy (non-hydrogen) atoms. The summed E-state index contributed by atoms with van der Waals surface area (Å²) in [5, 5.41) is 3.41. The zero-order valence-electron chi connectivity index (χ0n) is 9.45. The van der Waals surface area contributed by atoms with E-state index in [0.29, 0.717) is 28.2 Å². The molecule has 0 aliphatic heterocycles. The molecule has 1 aromatic rings. The number of anilines is 2. The number of carbonyl (C=O) groups excluding carboxylic acids is 1. The Bertz CT molecular complexity index is 464. The highest BCUT2D eigenvalue weighted by molar-refractivity contribution is 6.34. The molecule has 1 amide bonds. The van der Waals surface area contributed by atoms with Gasteiger partial charge in [0.25, 0.3) is 0 Å². The van der Waals surface area contributed by atoms with Crippen molar-refractivity contribution in [1.82, 2.24) is 0 Å². The molecule has 2 unspecified atom stereocenters. The van der Waals surface area contributed by atoms with Gasteiger partial charge in [-0.2, -0.15) is 0 Å². The number of nitrogens with one attached hydrogen (secondary N) is 1. The molecular weight excluding hydrogens is 236 g/mol. The molecule has 0 spiro atoms. The minimum atomic E-state index is 0.117. The number of nitrogens with two attached hydrogens (primary N) is 1. The maximum absolute atomic E-state index is 12.0. The highest BCUT2D eigenvalue weighted by atomic mass is 35.5. The van der Waals surface area contributed by atoms with Crippen molar-refractivity contribution in [3.05, 3.63) is 23.2 Å². The van der Waals surface area contributed by atoms with E-state index in [-0.39, 0.29) is 11.8 Å². The second-order valence-electron chi connectivity index (χ2n) is 5.01. The highest BCUT2D eigenvalue weighted by Crippen LogP contribution is 2.57. The molecule has 1 aromatic carbocycles. The third-order valence-electron chi connectivity index (χ3n) is 3.96. The third kappa shape index (κ3) is 1.89. The molecule has 0 radical (unpaired) electrons. The van der Waals surface area contributed by atoms with Crippen LogP contribution in [0.3, 0.4) is 0 Å². The average Bonchev–Trinajstić information content (AvgIpc) is 2.77. The Hall–Kier alpha value is -1.22. The van der Waals surface area contributed by atoms with Crippen LogP contribution < -0.4 is 11.1 Å². The number of hydrogen-bond donors (Lipinski definition) is 2. The number of nitrogen functional groups attached to an aromatic ring is 1. The Kier molecular flexibility index (Phi) is 2.51. The Morgan fingerprint density at radius 2 is 2.06 bits per heavy atom. The Morgan fingerprint density at radius 3 is 2.71 bits per heavy atom. The molecule has 0 heterocycles. The summed E-state index contributed by atoms with van der Waals surface area (Å²) in [4.78, 5) is 12.0. The second kappa shape index (κ2) is 3.91. The number of hydrogen-bond acceptors (Lipinski definition) is 2. The van der Waals surface area contributed by atoms with E-state index in [4.69, 9.17) is 17.3 Å². The molecule has 0 aromatic heterocycles. The Morgan fingerprint density at radius 1 is 1.35 bits per heavy atom. The summed E-state index contributed by atoms with van der Waals surface area (Å²) in [5.41, 5.74) is 6.88. The van der Waals surface area contributed by atoms with E-state index in [9.17, 15) is 4.79 Å². The van der Waals surface area contributed by atoms with Gasteiger partial charge in [0.05, 0.1) is 10.7 Å². The molecule has 2 aliphatic carbocycles. The highest BCUT2D eigenvalue weighted by Gasteiger charge is 2.56. The Balaban J connectivity index is 1.69.